The maximum Gasteiger partial charge on any atom is 0.257 e. The number of aryl methyl sites for hydroxylation is 2. The first kappa shape index (κ1) is 28.7. The van der Waals surface area contributed by atoms with Crippen molar-refractivity contribution in [2.24, 2.45) is 7.05 Å². The molecule has 0 amide bonds. The molecule has 9 rings (SSSR count). The van der Waals surface area contributed by atoms with E-state index in [1.165, 1.54) is 70.6 Å². The Morgan fingerprint density at radius 3 is 2.06 bits per heavy atom. The number of rotatable bonds is 5. The van der Waals surface area contributed by atoms with E-state index in [0.29, 0.717) is 0 Å². The third kappa shape index (κ3) is 4.22. The van der Waals surface area contributed by atoms with Gasteiger partial charge in [0.15, 0.2) is 18.6 Å². The van der Waals surface area contributed by atoms with Crippen LogP contribution in [0.1, 0.15) is 29.7 Å². The summed E-state index contributed by atoms with van der Waals surface area (Å²) >= 11 is 1.88. The molecule has 1 aliphatic rings. The zero-order chi connectivity index (χ0) is 32.4. The van der Waals surface area contributed by atoms with Crippen molar-refractivity contribution in [3.05, 3.63) is 175 Å². The van der Waals surface area contributed by atoms with Gasteiger partial charge in [0.05, 0.1) is 11.1 Å². The van der Waals surface area contributed by atoms with Gasteiger partial charge in [-0.3, -0.25) is 0 Å². The molecule has 48 heavy (non-hydrogen) atoms. The first-order valence-electron chi connectivity index (χ1n) is 16.6. The average Bonchev–Trinajstić information content (AvgIpc) is 3.67. The molecule has 0 aliphatic carbocycles. The number of thiophene rings is 1. The Morgan fingerprint density at radius 1 is 0.562 bits per heavy atom. The minimum Gasteiger partial charge on any atom is -0.201 e. The highest BCUT2D eigenvalue weighted by Crippen LogP contribution is 2.48. The lowest BCUT2D eigenvalue weighted by atomic mass is 9.76. The topological polar surface area (TPSA) is 11.6 Å². The molecule has 2 atom stereocenters. The van der Waals surface area contributed by atoms with Gasteiger partial charge in [0.2, 0.25) is 17.1 Å². The monoisotopic (exact) mass is 638 g/mol. The maximum atomic E-state index is 2.56. The number of benzene rings is 4. The van der Waals surface area contributed by atoms with Crippen LogP contribution in [0, 0.1) is 6.92 Å². The molecule has 4 heteroatoms. The Hall–Kier alpha value is -5.45. The molecular formula is C44H36N3S+3. The van der Waals surface area contributed by atoms with E-state index >= 15 is 0 Å². The van der Waals surface area contributed by atoms with Crippen molar-refractivity contribution in [1.82, 2.24) is 0 Å². The normalized spacial score (nSPS) is 14.9. The molecule has 0 saturated heterocycles. The second-order valence-electron chi connectivity index (χ2n) is 13.1. The van der Waals surface area contributed by atoms with E-state index in [9.17, 15) is 0 Å². The van der Waals surface area contributed by atoms with E-state index in [2.05, 4.69) is 193 Å². The lowest BCUT2D eigenvalue weighted by Gasteiger charge is -2.31. The molecule has 5 heterocycles. The van der Waals surface area contributed by atoms with Gasteiger partial charge in [0, 0.05) is 80.2 Å². The number of hydrogen-bond acceptors (Lipinski definition) is 1. The number of nitrogens with zero attached hydrogens (tertiary/aromatic N) is 3. The van der Waals surface area contributed by atoms with Crippen molar-refractivity contribution in [1.29, 1.82) is 0 Å². The number of aromatic nitrogens is 3. The second-order valence-corrected chi connectivity index (χ2v) is 14.2. The minimum absolute atomic E-state index is 0.0322. The van der Waals surface area contributed by atoms with Gasteiger partial charge >= 0.3 is 0 Å². The first-order chi connectivity index (χ1) is 23.5. The molecule has 8 aromatic rings. The summed E-state index contributed by atoms with van der Waals surface area (Å²) in [5.41, 5.74) is 10.7. The van der Waals surface area contributed by atoms with Crippen molar-refractivity contribution < 1.29 is 13.7 Å². The molecule has 230 valence electrons. The standard InChI is InChI=1S/C44H36N3S/c1-30-16-4-5-17-31(30)40-23-12-15-27-47(40)44(2,43-34-20-7-6-18-32(34)39-22-11-14-26-46(39)43)37-28-35-33-19-8-9-24-41(33)48-42(35)29-36(37)38-21-10-13-25-45(38)3/h4-29,43H,1-3H3/q+3. The summed E-state index contributed by atoms with van der Waals surface area (Å²) in [5, 5.41) is 2.61. The minimum atomic E-state index is -0.582. The molecule has 4 aromatic heterocycles. The van der Waals surface area contributed by atoms with Crippen molar-refractivity contribution in [3.63, 3.8) is 0 Å². The molecule has 0 fully saturated rings. The largest absolute Gasteiger partial charge is 0.257 e. The highest BCUT2D eigenvalue weighted by Gasteiger charge is 2.58. The molecule has 0 bridgehead atoms. The van der Waals surface area contributed by atoms with E-state index in [1.54, 1.807) is 0 Å². The lowest BCUT2D eigenvalue weighted by Crippen LogP contribution is -2.65. The van der Waals surface area contributed by atoms with E-state index in [4.69, 9.17) is 0 Å². The van der Waals surface area contributed by atoms with Crippen LogP contribution in [0.4, 0.5) is 0 Å². The summed E-state index contributed by atoms with van der Waals surface area (Å²) in [4.78, 5) is 0. The van der Waals surface area contributed by atoms with Crippen LogP contribution in [0.5, 0.6) is 0 Å². The SMILES string of the molecule is Cc1ccccc1-c1cccc[n+]1C(C)(c1cc2c(cc1-c1cccc[n+]1C)sc1ccccc12)C1c2ccccc2-c2cccc[n+]21. The third-order valence-corrected chi connectivity index (χ3v) is 11.5. The second kappa shape index (κ2) is 11.1. The fourth-order valence-electron chi connectivity index (χ4n) is 8.14. The summed E-state index contributed by atoms with van der Waals surface area (Å²) in [6.45, 7) is 4.69. The van der Waals surface area contributed by atoms with Crippen molar-refractivity contribution in [3.8, 4) is 33.8 Å². The van der Waals surface area contributed by atoms with Gasteiger partial charge in [-0.1, -0.05) is 54.6 Å². The quantitative estimate of drug-likeness (QED) is 0.167. The van der Waals surface area contributed by atoms with Crippen LogP contribution in [0.15, 0.2) is 158 Å². The molecule has 0 saturated carbocycles. The van der Waals surface area contributed by atoms with Crippen LogP contribution in [0.3, 0.4) is 0 Å². The van der Waals surface area contributed by atoms with Crippen LogP contribution in [0.2, 0.25) is 0 Å². The van der Waals surface area contributed by atoms with Gasteiger partial charge < -0.3 is 0 Å². The highest BCUT2D eigenvalue weighted by molar-refractivity contribution is 7.25. The Bertz CT molecular complexity index is 2480. The Kier molecular flexibility index (Phi) is 6.63. The van der Waals surface area contributed by atoms with Gasteiger partial charge in [0.25, 0.3) is 11.6 Å². The summed E-state index contributed by atoms with van der Waals surface area (Å²) < 4.78 is 9.96. The predicted octanol–water partition coefficient (Wildman–Crippen LogP) is 9.13. The Labute approximate surface area is 285 Å². The third-order valence-electron chi connectivity index (χ3n) is 10.4. The van der Waals surface area contributed by atoms with Crippen LogP contribution in [-0.2, 0) is 12.6 Å². The van der Waals surface area contributed by atoms with Gasteiger partial charge in [-0.25, -0.2) is 4.57 Å². The van der Waals surface area contributed by atoms with Crippen molar-refractivity contribution >= 4 is 31.5 Å². The number of fused-ring (bicyclic) bond motifs is 6. The smallest absolute Gasteiger partial charge is 0.201 e. The first-order valence-corrected chi connectivity index (χ1v) is 17.4. The number of pyridine rings is 3. The van der Waals surface area contributed by atoms with Crippen LogP contribution in [-0.4, -0.2) is 0 Å². The van der Waals surface area contributed by atoms with Crippen LogP contribution in [0.25, 0.3) is 53.9 Å². The summed E-state index contributed by atoms with van der Waals surface area (Å²) in [6.07, 6.45) is 6.74. The predicted molar refractivity (Wildman–Crippen MR) is 196 cm³/mol. The van der Waals surface area contributed by atoms with Crippen LogP contribution < -0.4 is 13.7 Å². The molecule has 0 radical (unpaired) electrons. The van der Waals surface area contributed by atoms with E-state index in [-0.39, 0.29) is 6.04 Å². The van der Waals surface area contributed by atoms with E-state index < -0.39 is 5.54 Å². The molecule has 1 aliphatic heterocycles. The lowest BCUT2D eigenvalue weighted by molar-refractivity contribution is -0.820. The fourth-order valence-corrected chi connectivity index (χ4v) is 9.27. The maximum absolute atomic E-state index is 2.56. The molecule has 4 aromatic carbocycles. The average molecular weight is 639 g/mol. The highest BCUT2D eigenvalue weighted by atomic mass is 32.1. The fraction of sp³-hybridized carbons (Fsp3) is 0.114. The summed E-state index contributed by atoms with van der Waals surface area (Å²) in [6, 6.07) is 51.4. The Morgan fingerprint density at radius 2 is 1.23 bits per heavy atom. The molecule has 2 unspecified atom stereocenters. The van der Waals surface area contributed by atoms with Crippen LogP contribution >= 0.6 is 11.3 Å². The molecular weight excluding hydrogens is 603 g/mol. The van der Waals surface area contributed by atoms with Gasteiger partial charge in [-0.05, 0) is 61.0 Å². The Balaban J connectivity index is 1.47. The van der Waals surface area contributed by atoms with Gasteiger partial charge in [-0.15, -0.1) is 11.3 Å². The van der Waals surface area contributed by atoms with E-state index in [1.807, 2.05) is 11.3 Å². The van der Waals surface area contributed by atoms with Gasteiger partial charge in [0.1, 0.15) is 7.05 Å². The van der Waals surface area contributed by atoms with Gasteiger partial charge in [-0.2, -0.15) is 9.13 Å². The zero-order valence-corrected chi connectivity index (χ0v) is 28.2. The summed E-state index contributed by atoms with van der Waals surface area (Å²) in [7, 11) is 2.16. The summed E-state index contributed by atoms with van der Waals surface area (Å²) in [5.74, 6) is 0. The van der Waals surface area contributed by atoms with Crippen molar-refractivity contribution in [2.75, 3.05) is 0 Å². The molecule has 0 spiro atoms. The zero-order valence-electron chi connectivity index (χ0n) is 27.3. The van der Waals surface area contributed by atoms with Crippen molar-refractivity contribution in [2.45, 2.75) is 25.4 Å². The molecule has 0 N–H and O–H groups in total. The van der Waals surface area contributed by atoms with E-state index in [0.717, 1.165) is 0 Å². The molecule has 3 nitrogen and oxygen atoms in total. The number of hydrogen-bond donors (Lipinski definition) is 0.